The van der Waals surface area contributed by atoms with Gasteiger partial charge < -0.3 is 4.74 Å². The number of halogens is 1. The second-order valence-corrected chi connectivity index (χ2v) is 4.39. The Balaban J connectivity index is 2.08. The lowest BCUT2D eigenvalue weighted by Crippen LogP contribution is -1.94. The Morgan fingerprint density at radius 2 is 2.00 bits per heavy atom. The predicted octanol–water partition coefficient (Wildman–Crippen LogP) is 3.78. The molecular weight excluding hydrogens is 262 g/mol. The van der Waals surface area contributed by atoms with Crippen LogP contribution >= 0.6 is 11.6 Å². The van der Waals surface area contributed by atoms with Gasteiger partial charge in [0, 0.05) is 23.3 Å². The summed E-state index contributed by atoms with van der Waals surface area (Å²) in [7, 11) is 0. The molecule has 2 heterocycles. The summed E-state index contributed by atoms with van der Waals surface area (Å²) in [5, 5.41) is 1.10. The van der Waals surface area contributed by atoms with E-state index in [9.17, 15) is 0 Å². The summed E-state index contributed by atoms with van der Waals surface area (Å²) in [6.07, 6.45) is 3.38. The van der Waals surface area contributed by atoms with E-state index in [4.69, 9.17) is 16.3 Å². The SMILES string of the molecule is Cc1cnc(Cl)nc1Oc1cccc2ncccc12. The Labute approximate surface area is 115 Å². The van der Waals surface area contributed by atoms with E-state index in [1.165, 1.54) is 0 Å². The van der Waals surface area contributed by atoms with Gasteiger partial charge in [0.1, 0.15) is 5.75 Å². The number of aromatic nitrogens is 3. The summed E-state index contributed by atoms with van der Waals surface area (Å²) in [5.74, 6) is 1.15. The van der Waals surface area contributed by atoms with Crippen molar-refractivity contribution in [3.8, 4) is 11.6 Å². The van der Waals surface area contributed by atoms with E-state index in [0.717, 1.165) is 16.5 Å². The minimum Gasteiger partial charge on any atom is -0.438 e. The van der Waals surface area contributed by atoms with Crippen LogP contribution in [0.2, 0.25) is 5.28 Å². The van der Waals surface area contributed by atoms with Gasteiger partial charge in [-0.15, -0.1) is 0 Å². The molecule has 0 aliphatic heterocycles. The Bertz CT molecular complexity index is 740. The summed E-state index contributed by atoms with van der Waals surface area (Å²) < 4.78 is 5.83. The van der Waals surface area contributed by atoms with Crippen molar-refractivity contribution >= 4 is 22.5 Å². The molecule has 4 nitrogen and oxygen atoms in total. The molecule has 19 heavy (non-hydrogen) atoms. The molecular formula is C14H10ClN3O. The van der Waals surface area contributed by atoms with Crippen LogP contribution in [0.15, 0.2) is 42.7 Å². The second kappa shape index (κ2) is 4.82. The smallest absolute Gasteiger partial charge is 0.226 e. The van der Waals surface area contributed by atoms with Crippen LogP contribution in [0.5, 0.6) is 11.6 Å². The van der Waals surface area contributed by atoms with Crippen molar-refractivity contribution in [1.82, 2.24) is 15.0 Å². The number of pyridine rings is 1. The first-order chi connectivity index (χ1) is 9.24. The van der Waals surface area contributed by atoms with Crippen molar-refractivity contribution in [2.24, 2.45) is 0 Å². The average molecular weight is 272 g/mol. The highest BCUT2D eigenvalue weighted by Crippen LogP contribution is 2.29. The molecule has 0 saturated carbocycles. The third-order valence-electron chi connectivity index (χ3n) is 2.71. The first-order valence-electron chi connectivity index (χ1n) is 5.75. The molecule has 0 amide bonds. The molecule has 0 fully saturated rings. The number of benzene rings is 1. The van der Waals surface area contributed by atoms with Crippen LogP contribution in [0, 0.1) is 6.92 Å². The molecule has 5 heteroatoms. The van der Waals surface area contributed by atoms with Gasteiger partial charge >= 0.3 is 0 Å². The molecule has 3 rings (SSSR count). The van der Waals surface area contributed by atoms with Crippen molar-refractivity contribution in [2.75, 3.05) is 0 Å². The largest absolute Gasteiger partial charge is 0.438 e. The van der Waals surface area contributed by atoms with Gasteiger partial charge in [0.25, 0.3) is 0 Å². The van der Waals surface area contributed by atoms with Gasteiger partial charge in [-0.2, -0.15) is 4.98 Å². The van der Waals surface area contributed by atoms with Crippen LogP contribution in [0.3, 0.4) is 0 Å². The molecule has 0 aliphatic carbocycles. The van der Waals surface area contributed by atoms with Gasteiger partial charge in [-0.3, -0.25) is 4.98 Å². The number of hydrogen-bond donors (Lipinski definition) is 0. The zero-order valence-electron chi connectivity index (χ0n) is 10.2. The molecule has 0 spiro atoms. The van der Waals surface area contributed by atoms with E-state index in [2.05, 4.69) is 15.0 Å². The van der Waals surface area contributed by atoms with Crippen LogP contribution in [0.1, 0.15) is 5.56 Å². The molecule has 94 valence electrons. The first-order valence-corrected chi connectivity index (χ1v) is 6.12. The van der Waals surface area contributed by atoms with Crippen molar-refractivity contribution < 1.29 is 4.74 Å². The maximum atomic E-state index is 5.83. The molecule has 0 unspecified atom stereocenters. The minimum atomic E-state index is 0.166. The summed E-state index contributed by atoms with van der Waals surface area (Å²) in [5.41, 5.74) is 1.70. The molecule has 0 bridgehead atoms. The van der Waals surface area contributed by atoms with E-state index in [1.54, 1.807) is 12.4 Å². The Morgan fingerprint density at radius 3 is 2.89 bits per heavy atom. The highest BCUT2D eigenvalue weighted by molar-refractivity contribution is 6.28. The zero-order chi connectivity index (χ0) is 13.2. The normalized spacial score (nSPS) is 10.6. The van der Waals surface area contributed by atoms with Gasteiger partial charge in [-0.1, -0.05) is 6.07 Å². The minimum absolute atomic E-state index is 0.166. The third-order valence-corrected chi connectivity index (χ3v) is 2.89. The number of fused-ring (bicyclic) bond motifs is 1. The van der Waals surface area contributed by atoms with E-state index in [0.29, 0.717) is 11.6 Å². The number of ether oxygens (including phenoxy) is 1. The molecule has 2 aromatic heterocycles. The standard InChI is InChI=1S/C14H10ClN3O/c1-9-8-17-14(15)18-13(9)19-12-6-2-5-11-10(12)4-3-7-16-11/h2-8H,1H3. The van der Waals surface area contributed by atoms with E-state index < -0.39 is 0 Å². The maximum absolute atomic E-state index is 5.83. The lowest BCUT2D eigenvalue weighted by Gasteiger charge is -2.09. The van der Waals surface area contributed by atoms with E-state index in [1.807, 2.05) is 37.3 Å². The third kappa shape index (κ3) is 2.35. The van der Waals surface area contributed by atoms with Crippen LogP contribution in [0.4, 0.5) is 0 Å². The van der Waals surface area contributed by atoms with Crippen molar-refractivity contribution in [3.63, 3.8) is 0 Å². The summed E-state index contributed by atoms with van der Waals surface area (Å²) in [4.78, 5) is 12.3. The van der Waals surface area contributed by atoms with Gasteiger partial charge in [-0.05, 0) is 42.8 Å². The average Bonchev–Trinajstić information content (AvgIpc) is 2.43. The monoisotopic (exact) mass is 271 g/mol. The van der Waals surface area contributed by atoms with Crippen LogP contribution in [-0.2, 0) is 0 Å². The van der Waals surface area contributed by atoms with Crippen molar-refractivity contribution in [3.05, 3.63) is 53.6 Å². The Hall–Kier alpha value is -2.20. The Morgan fingerprint density at radius 1 is 1.11 bits per heavy atom. The molecule has 0 saturated heterocycles. The lowest BCUT2D eigenvalue weighted by molar-refractivity contribution is 0.462. The maximum Gasteiger partial charge on any atom is 0.226 e. The van der Waals surface area contributed by atoms with Crippen LogP contribution in [0.25, 0.3) is 10.9 Å². The molecule has 0 aliphatic rings. The Kier molecular flexibility index (Phi) is 3.01. The lowest BCUT2D eigenvalue weighted by atomic mass is 10.2. The van der Waals surface area contributed by atoms with E-state index in [-0.39, 0.29) is 5.28 Å². The fourth-order valence-electron chi connectivity index (χ4n) is 1.78. The topological polar surface area (TPSA) is 47.9 Å². The number of nitrogens with zero attached hydrogens (tertiary/aromatic N) is 3. The summed E-state index contributed by atoms with van der Waals surface area (Å²) >= 11 is 5.79. The fourth-order valence-corrected chi connectivity index (χ4v) is 1.90. The molecule has 0 atom stereocenters. The first kappa shape index (κ1) is 11.9. The van der Waals surface area contributed by atoms with Gasteiger partial charge in [-0.25, -0.2) is 4.98 Å². The molecule has 3 aromatic rings. The highest BCUT2D eigenvalue weighted by atomic mass is 35.5. The van der Waals surface area contributed by atoms with Gasteiger partial charge in [0.05, 0.1) is 5.52 Å². The molecule has 0 N–H and O–H groups in total. The summed E-state index contributed by atoms with van der Waals surface area (Å²) in [6, 6.07) is 9.52. The summed E-state index contributed by atoms with van der Waals surface area (Å²) in [6.45, 7) is 1.87. The predicted molar refractivity (Wildman–Crippen MR) is 73.6 cm³/mol. The fraction of sp³-hybridized carbons (Fsp3) is 0.0714. The van der Waals surface area contributed by atoms with Gasteiger partial charge in [0.2, 0.25) is 11.2 Å². The zero-order valence-corrected chi connectivity index (χ0v) is 10.9. The second-order valence-electron chi connectivity index (χ2n) is 4.06. The van der Waals surface area contributed by atoms with Crippen molar-refractivity contribution in [2.45, 2.75) is 6.92 Å². The number of hydrogen-bond acceptors (Lipinski definition) is 4. The van der Waals surface area contributed by atoms with Crippen LogP contribution < -0.4 is 4.74 Å². The van der Waals surface area contributed by atoms with Crippen molar-refractivity contribution in [1.29, 1.82) is 0 Å². The quantitative estimate of drug-likeness (QED) is 0.666. The van der Waals surface area contributed by atoms with Crippen LogP contribution in [-0.4, -0.2) is 15.0 Å². The number of rotatable bonds is 2. The van der Waals surface area contributed by atoms with E-state index >= 15 is 0 Å². The van der Waals surface area contributed by atoms with Gasteiger partial charge in [0.15, 0.2) is 0 Å². The molecule has 1 aromatic carbocycles. The highest BCUT2D eigenvalue weighted by Gasteiger charge is 2.08. The number of aryl methyl sites for hydroxylation is 1. The molecule has 0 radical (unpaired) electrons.